The molecule has 0 radical (unpaired) electrons. The number of carbonyl (C=O) groups is 2. The molecule has 2 aromatic rings. The van der Waals surface area contributed by atoms with Gasteiger partial charge < -0.3 is 19.5 Å². The largest absolute Gasteiger partial charge is 0.488 e. The summed E-state index contributed by atoms with van der Waals surface area (Å²) in [5, 5.41) is 17.0. The Kier molecular flexibility index (Phi) is 8.75. The molecule has 0 spiro atoms. The van der Waals surface area contributed by atoms with Gasteiger partial charge in [-0.2, -0.15) is 13.2 Å². The lowest BCUT2D eigenvalue weighted by atomic mass is 9.87. The van der Waals surface area contributed by atoms with Crippen LogP contribution in [-0.2, 0) is 29.4 Å². The van der Waals surface area contributed by atoms with Crippen LogP contribution >= 0.6 is 0 Å². The first-order chi connectivity index (χ1) is 17.0. The Labute approximate surface area is 206 Å². The minimum Gasteiger partial charge on any atom is -0.488 e. The second kappa shape index (κ2) is 11.6. The van der Waals surface area contributed by atoms with Crippen LogP contribution in [0.2, 0.25) is 0 Å². The van der Waals surface area contributed by atoms with Crippen LogP contribution in [-0.4, -0.2) is 61.7 Å². The minimum absolute atomic E-state index is 0.0437. The van der Waals surface area contributed by atoms with Crippen LogP contribution in [0.25, 0.3) is 11.4 Å². The van der Waals surface area contributed by atoms with Crippen molar-refractivity contribution in [3.05, 3.63) is 23.5 Å². The third-order valence-electron chi connectivity index (χ3n) is 6.07. The molecule has 36 heavy (non-hydrogen) atoms. The lowest BCUT2D eigenvalue weighted by Crippen LogP contribution is -2.30. The summed E-state index contributed by atoms with van der Waals surface area (Å²) in [7, 11) is 3.13. The van der Waals surface area contributed by atoms with E-state index in [4.69, 9.17) is 9.47 Å². The number of ether oxygens (including phenoxy) is 2. The summed E-state index contributed by atoms with van der Waals surface area (Å²) < 4.78 is 53.9. The Morgan fingerprint density at radius 1 is 1.28 bits per heavy atom. The Hall–Kier alpha value is -3.38. The maximum atomic E-state index is 13.9. The molecule has 0 aromatic carbocycles. The first kappa shape index (κ1) is 27.2. The van der Waals surface area contributed by atoms with E-state index in [0.29, 0.717) is 25.8 Å². The van der Waals surface area contributed by atoms with Crippen molar-refractivity contribution >= 4 is 12.1 Å². The van der Waals surface area contributed by atoms with E-state index in [9.17, 15) is 27.9 Å². The number of amides is 1. The zero-order valence-corrected chi connectivity index (χ0v) is 20.4. The molecule has 0 unspecified atom stereocenters. The average molecular weight is 514 g/mol. The fraction of sp³-hybridized carbons (Fsp3) is 0.609. The highest BCUT2D eigenvalue weighted by molar-refractivity contribution is 5.70. The fourth-order valence-corrected chi connectivity index (χ4v) is 4.00. The van der Waals surface area contributed by atoms with Crippen LogP contribution < -0.4 is 4.74 Å². The number of nitrogens with zero attached hydrogens (tertiary/aromatic N) is 5. The van der Waals surface area contributed by atoms with E-state index in [1.54, 1.807) is 7.05 Å². The molecule has 0 aliphatic heterocycles. The Bertz CT molecular complexity index is 1070. The van der Waals surface area contributed by atoms with E-state index in [-0.39, 0.29) is 30.1 Å². The van der Waals surface area contributed by atoms with Gasteiger partial charge in [0.25, 0.3) is 0 Å². The van der Waals surface area contributed by atoms with Gasteiger partial charge in [0.15, 0.2) is 11.4 Å². The third kappa shape index (κ3) is 6.64. The monoisotopic (exact) mass is 513 g/mol. The van der Waals surface area contributed by atoms with Gasteiger partial charge in [-0.3, -0.25) is 4.79 Å². The SMILES string of the molecule is CCCCN(C)C(=O)OCc1c(-c2ccc(O[C@H]3CCC[C@H](C(=O)O)C3)c(C(F)(F)F)n2)nnn1C. The number of aromatic nitrogens is 4. The predicted octanol–water partition coefficient (Wildman–Crippen LogP) is 4.29. The number of aliphatic carboxylic acids is 1. The van der Waals surface area contributed by atoms with Crippen molar-refractivity contribution in [2.75, 3.05) is 13.6 Å². The quantitative estimate of drug-likeness (QED) is 0.528. The molecule has 2 aromatic heterocycles. The van der Waals surface area contributed by atoms with E-state index in [1.807, 2.05) is 6.92 Å². The minimum atomic E-state index is -4.83. The van der Waals surface area contributed by atoms with Crippen molar-refractivity contribution in [1.82, 2.24) is 24.9 Å². The van der Waals surface area contributed by atoms with Gasteiger partial charge in [-0.15, -0.1) is 5.10 Å². The molecule has 1 aliphatic carbocycles. The molecule has 0 bridgehead atoms. The van der Waals surface area contributed by atoms with Crippen LogP contribution in [0.4, 0.5) is 18.0 Å². The lowest BCUT2D eigenvalue weighted by Gasteiger charge is -2.28. The molecule has 1 amide bonds. The van der Waals surface area contributed by atoms with Gasteiger partial charge >= 0.3 is 18.2 Å². The third-order valence-corrected chi connectivity index (χ3v) is 6.07. The smallest absolute Gasteiger partial charge is 0.437 e. The van der Waals surface area contributed by atoms with Crippen molar-refractivity contribution in [1.29, 1.82) is 0 Å². The summed E-state index contributed by atoms with van der Waals surface area (Å²) in [6, 6.07) is 2.48. The van der Waals surface area contributed by atoms with Crippen molar-refractivity contribution in [2.45, 2.75) is 64.3 Å². The highest BCUT2D eigenvalue weighted by Crippen LogP contribution is 2.38. The topological polar surface area (TPSA) is 120 Å². The number of hydrogen-bond donors (Lipinski definition) is 1. The average Bonchev–Trinajstić information content (AvgIpc) is 3.20. The molecule has 198 valence electrons. The number of unbranched alkanes of at least 4 members (excludes halogenated alkanes) is 1. The van der Waals surface area contributed by atoms with Crippen LogP contribution in [0.3, 0.4) is 0 Å². The molecule has 3 rings (SSSR count). The highest BCUT2D eigenvalue weighted by atomic mass is 19.4. The highest BCUT2D eigenvalue weighted by Gasteiger charge is 2.39. The molecular formula is C23H30F3N5O5. The van der Waals surface area contributed by atoms with Crippen LogP contribution in [0.5, 0.6) is 5.75 Å². The lowest BCUT2D eigenvalue weighted by molar-refractivity contribution is -0.146. The summed E-state index contributed by atoms with van der Waals surface area (Å²) in [4.78, 5) is 28.7. The van der Waals surface area contributed by atoms with Gasteiger partial charge in [0.1, 0.15) is 18.0 Å². The summed E-state index contributed by atoms with van der Waals surface area (Å²) in [6.45, 7) is 2.25. The maximum absolute atomic E-state index is 13.9. The fourth-order valence-electron chi connectivity index (χ4n) is 4.00. The summed E-state index contributed by atoms with van der Waals surface area (Å²) >= 11 is 0. The number of aryl methyl sites for hydroxylation is 1. The normalized spacial score (nSPS) is 18.1. The van der Waals surface area contributed by atoms with Gasteiger partial charge in [-0.05, 0) is 44.2 Å². The number of pyridine rings is 1. The first-order valence-electron chi connectivity index (χ1n) is 11.8. The molecule has 0 saturated heterocycles. The second-order valence-electron chi connectivity index (χ2n) is 8.82. The van der Waals surface area contributed by atoms with E-state index in [0.717, 1.165) is 18.9 Å². The predicted molar refractivity (Wildman–Crippen MR) is 121 cm³/mol. The second-order valence-corrected chi connectivity index (χ2v) is 8.82. The summed E-state index contributed by atoms with van der Waals surface area (Å²) in [6.07, 6.45) is -2.77. The Balaban J connectivity index is 1.82. The Morgan fingerprint density at radius 2 is 2.03 bits per heavy atom. The number of rotatable bonds is 9. The zero-order valence-electron chi connectivity index (χ0n) is 20.4. The van der Waals surface area contributed by atoms with Crippen molar-refractivity contribution < 1.29 is 37.3 Å². The number of alkyl halides is 3. The molecule has 1 aliphatic rings. The number of halogens is 3. The number of carboxylic acid groups (broad SMARTS) is 1. The van der Waals surface area contributed by atoms with Gasteiger partial charge in [0.2, 0.25) is 0 Å². The summed E-state index contributed by atoms with van der Waals surface area (Å²) in [5.74, 6) is -2.12. The molecule has 2 heterocycles. The molecular weight excluding hydrogens is 483 g/mol. The first-order valence-corrected chi connectivity index (χ1v) is 11.8. The molecule has 1 fully saturated rings. The molecule has 1 saturated carbocycles. The number of carboxylic acids is 1. The van der Waals surface area contributed by atoms with Crippen molar-refractivity contribution in [3.8, 4) is 17.1 Å². The van der Waals surface area contributed by atoms with Gasteiger partial charge in [-0.1, -0.05) is 18.6 Å². The zero-order chi connectivity index (χ0) is 26.5. The standard InChI is InChI=1S/C23H30F3N5O5/c1-4-5-11-30(2)22(34)35-13-17-19(28-29-31(17)3)16-9-10-18(20(27-16)23(24,25)26)36-15-8-6-7-14(12-15)21(32)33/h9-10,14-15H,4-8,11-13H2,1-3H3,(H,32,33)/t14-,15-/m0/s1. The number of carbonyl (C=O) groups excluding carboxylic acids is 1. The van der Waals surface area contributed by atoms with E-state index >= 15 is 0 Å². The van der Waals surface area contributed by atoms with Crippen molar-refractivity contribution in [3.63, 3.8) is 0 Å². The van der Waals surface area contributed by atoms with Gasteiger partial charge in [-0.25, -0.2) is 14.5 Å². The van der Waals surface area contributed by atoms with Crippen LogP contribution in [0, 0.1) is 5.92 Å². The molecule has 10 nitrogen and oxygen atoms in total. The molecule has 1 N–H and O–H groups in total. The number of hydrogen-bond acceptors (Lipinski definition) is 7. The molecule has 13 heteroatoms. The molecule has 2 atom stereocenters. The van der Waals surface area contributed by atoms with E-state index < -0.39 is 41.7 Å². The van der Waals surface area contributed by atoms with Gasteiger partial charge in [0.05, 0.1) is 17.7 Å². The van der Waals surface area contributed by atoms with E-state index in [2.05, 4.69) is 15.3 Å². The van der Waals surface area contributed by atoms with E-state index in [1.165, 1.54) is 22.7 Å². The maximum Gasteiger partial charge on any atom is 0.437 e. The Morgan fingerprint density at radius 3 is 2.69 bits per heavy atom. The van der Waals surface area contributed by atoms with Gasteiger partial charge in [0, 0.05) is 20.6 Å². The van der Waals surface area contributed by atoms with Crippen molar-refractivity contribution in [2.24, 2.45) is 13.0 Å². The van der Waals surface area contributed by atoms with Crippen LogP contribution in [0.15, 0.2) is 12.1 Å². The summed E-state index contributed by atoms with van der Waals surface area (Å²) in [5.41, 5.74) is -1.04. The van der Waals surface area contributed by atoms with Crippen LogP contribution in [0.1, 0.15) is 56.8 Å².